The summed E-state index contributed by atoms with van der Waals surface area (Å²) < 4.78 is 2.03. The Bertz CT molecular complexity index is 1070. The van der Waals surface area contributed by atoms with Gasteiger partial charge in [0.15, 0.2) is 5.13 Å². The van der Waals surface area contributed by atoms with Crippen LogP contribution < -0.4 is 5.32 Å². The predicted molar refractivity (Wildman–Crippen MR) is 116 cm³/mol. The van der Waals surface area contributed by atoms with E-state index in [4.69, 9.17) is 12.2 Å². The molecule has 0 saturated heterocycles. The first-order valence-electron chi connectivity index (χ1n) is 8.66. The molecule has 3 aromatic heterocycles. The molecule has 4 aromatic rings. The predicted octanol–water partition coefficient (Wildman–Crippen LogP) is 5.35. The van der Waals surface area contributed by atoms with E-state index in [1.807, 2.05) is 40.8 Å². The zero-order chi connectivity index (χ0) is 18.6. The van der Waals surface area contributed by atoms with Gasteiger partial charge in [-0.15, -0.1) is 11.3 Å². The Labute approximate surface area is 167 Å². The monoisotopic (exact) mass is 390 g/mol. The fourth-order valence-corrected chi connectivity index (χ4v) is 3.66. The van der Waals surface area contributed by atoms with Crippen LogP contribution in [0.4, 0.5) is 5.13 Å². The molecule has 1 aromatic carbocycles. The minimum atomic E-state index is 0.656. The summed E-state index contributed by atoms with van der Waals surface area (Å²) in [6, 6.07) is 12.7. The number of anilines is 1. The summed E-state index contributed by atoms with van der Waals surface area (Å²) in [6.45, 7) is 2.16. The molecule has 0 amide bonds. The summed E-state index contributed by atoms with van der Waals surface area (Å²) >= 11 is 7.01. The lowest BCUT2D eigenvalue weighted by Crippen LogP contribution is -2.09. The smallest absolute Gasteiger partial charge is 0.187 e. The second-order valence-electron chi connectivity index (χ2n) is 6.08. The van der Waals surface area contributed by atoms with E-state index in [2.05, 4.69) is 52.5 Å². The number of aryl methyl sites for hydroxylation is 1. The first kappa shape index (κ1) is 17.6. The van der Waals surface area contributed by atoms with E-state index in [9.17, 15) is 0 Å². The van der Waals surface area contributed by atoms with E-state index < -0.39 is 0 Å². The van der Waals surface area contributed by atoms with E-state index in [0.717, 1.165) is 28.4 Å². The number of hydrogen-bond donors (Lipinski definition) is 1. The van der Waals surface area contributed by atoms with Crippen LogP contribution in [-0.2, 0) is 6.42 Å². The van der Waals surface area contributed by atoms with Gasteiger partial charge < -0.3 is 9.88 Å². The normalized spacial score (nSPS) is 10.7. The summed E-state index contributed by atoms with van der Waals surface area (Å²) in [5.74, 6) is 0. The van der Waals surface area contributed by atoms with Gasteiger partial charge in [0, 0.05) is 41.3 Å². The van der Waals surface area contributed by atoms with Gasteiger partial charge in [0.1, 0.15) is 4.99 Å². The van der Waals surface area contributed by atoms with Crippen molar-refractivity contribution < 1.29 is 0 Å². The SMILES string of the molecule is CCc1cccc(-c2cncc(-n3ccc(C(=S)Nc4nccs4)c3)c2)c1. The minimum Gasteiger partial charge on any atom is -0.322 e. The summed E-state index contributed by atoms with van der Waals surface area (Å²) in [5, 5.41) is 5.88. The first-order chi connectivity index (χ1) is 13.2. The highest BCUT2D eigenvalue weighted by atomic mass is 32.1. The van der Waals surface area contributed by atoms with Crippen molar-refractivity contribution in [1.82, 2.24) is 14.5 Å². The highest BCUT2D eigenvalue weighted by Gasteiger charge is 2.08. The van der Waals surface area contributed by atoms with Crippen molar-refractivity contribution in [3.05, 3.63) is 83.9 Å². The van der Waals surface area contributed by atoms with E-state index in [0.29, 0.717) is 4.99 Å². The summed E-state index contributed by atoms with van der Waals surface area (Å²) in [6.07, 6.45) is 10.5. The van der Waals surface area contributed by atoms with Gasteiger partial charge in [-0.1, -0.05) is 43.4 Å². The van der Waals surface area contributed by atoms with Crippen LogP contribution in [-0.4, -0.2) is 19.5 Å². The number of thiazole rings is 1. The number of rotatable bonds is 5. The van der Waals surface area contributed by atoms with Crippen molar-refractivity contribution in [1.29, 1.82) is 0 Å². The summed E-state index contributed by atoms with van der Waals surface area (Å²) in [4.78, 5) is 9.30. The summed E-state index contributed by atoms with van der Waals surface area (Å²) in [5.41, 5.74) is 5.54. The van der Waals surface area contributed by atoms with Gasteiger partial charge >= 0.3 is 0 Å². The van der Waals surface area contributed by atoms with E-state index in [1.54, 1.807) is 6.20 Å². The highest BCUT2D eigenvalue weighted by molar-refractivity contribution is 7.81. The molecule has 0 aliphatic carbocycles. The fraction of sp³-hybridized carbons (Fsp3) is 0.0952. The minimum absolute atomic E-state index is 0.656. The highest BCUT2D eigenvalue weighted by Crippen LogP contribution is 2.23. The molecule has 0 spiro atoms. The third-order valence-corrected chi connectivity index (χ3v) is 5.32. The van der Waals surface area contributed by atoms with Gasteiger partial charge in [0.2, 0.25) is 0 Å². The maximum Gasteiger partial charge on any atom is 0.187 e. The average molecular weight is 391 g/mol. The fourth-order valence-electron chi connectivity index (χ4n) is 2.84. The van der Waals surface area contributed by atoms with Crippen LogP contribution in [0.3, 0.4) is 0 Å². The molecule has 0 saturated carbocycles. The number of thiocarbonyl (C=S) groups is 1. The zero-order valence-corrected chi connectivity index (χ0v) is 16.4. The van der Waals surface area contributed by atoms with Crippen LogP contribution in [0.25, 0.3) is 16.8 Å². The number of pyridine rings is 1. The third kappa shape index (κ3) is 3.97. The Hall–Kier alpha value is -2.83. The van der Waals surface area contributed by atoms with Gasteiger partial charge in [-0.25, -0.2) is 4.98 Å². The molecule has 0 unspecified atom stereocenters. The van der Waals surface area contributed by atoms with E-state index in [1.165, 1.54) is 22.5 Å². The second kappa shape index (κ2) is 7.82. The lowest BCUT2D eigenvalue weighted by Gasteiger charge is -2.07. The molecular formula is C21H18N4S2. The van der Waals surface area contributed by atoms with Crippen LogP contribution >= 0.6 is 23.6 Å². The van der Waals surface area contributed by atoms with Crippen LogP contribution in [0.2, 0.25) is 0 Å². The molecule has 0 aliphatic rings. The van der Waals surface area contributed by atoms with Crippen molar-refractivity contribution in [3.63, 3.8) is 0 Å². The molecule has 134 valence electrons. The standard InChI is InChI=1S/C21H18N4S2/c1-2-15-4-3-5-16(10-15)18-11-19(13-22-12-18)25-8-6-17(14-25)20(26)24-21-23-7-9-27-21/h3-14H,2H2,1H3,(H,23,24,26). The van der Waals surface area contributed by atoms with Gasteiger partial charge in [0.05, 0.1) is 11.9 Å². The first-order valence-corrected chi connectivity index (χ1v) is 9.95. The topological polar surface area (TPSA) is 42.7 Å². The van der Waals surface area contributed by atoms with Crippen molar-refractivity contribution in [3.8, 4) is 16.8 Å². The van der Waals surface area contributed by atoms with E-state index in [-0.39, 0.29) is 0 Å². The molecule has 4 nitrogen and oxygen atoms in total. The van der Waals surface area contributed by atoms with Crippen molar-refractivity contribution in [2.75, 3.05) is 5.32 Å². The third-order valence-electron chi connectivity index (χ3n) is 4.30. The molecule has 1 N–H and O–H groups in total. The largest absolute Gasteiger partial charge is 0.322 e. The molecule has 4 rings (SSSR count). The van der Waals surface area contributed by atoms with Gasteiger partial charge in [-0.2, -0.15) is 0 Å². The molecule has 3 heterocycles. The Morgan fingerprint density at radius 2 is 2.11 bits per heavy atom. The zero-order valence-electron chi connectivity index (χ0n) is 14.8. The summed E-state index contributed by atoms with van der Waals surface area (Å²) in [7, 11) is 0. The average Bonchev–Trinajstić information content (AvgIpc) is 3.40. The molecule has 0 radical (unpaired) electrons. The number of nitrogens with zero attached hydrogens (tertiary/aromatic N) is 3. The van der Waals surface area contributed by atoms with Crippen LogP contribution in [0, 0.1) is 0 Å². The molecule has 6 heteroatoms. The molecule has 0 fully saturated rings. The van der Waals surface area contributed by atoms with Crippen molar-refractivity contribution in [2.45, 2.75) is 13.3 Å². The van der Waals surface area contributed by atoms with Gasteiger partial charge in [-0.3, -0.25) is 4.98 Å². The maximum atomic E-state index is 5.49. The molecule has 0 atom stereocenters. The lowest BCUT2D eigenvalue weighted by atomic mass is 10.0. The van der Waals surface area contributed by atoms with Crippen molar-refractivity contribution in [2.24, 2.45) is 0 Å². The Kier molecular flexibility index (Phi) is 5.09. The number of benzene rings is 1. The lowest BCUT2D eigenvalue weighted by molar-refractivity contribution is 1.06. The molecule has 27 heavy (non-hydrogen) atoms. The van der Waals surface area contributed by atoms with Gasteiger partial charge in [-0.05, 0) is 29.7 Å². The van der Waals surface area contributed by atoms with Crippen LogP contribution in [0.5, 0.6) is 0 Å². The van der Waals surface area contributed by atoms with Crippen molar-refractivity contribution >= 4 is 33.7 Å². The maximum absolute atomic E-state index is 5.49. The Morgan fingerprint density at radius 1 is 1.19 bits per heavy atom. The Balaban J connectivity index is 1.59. The quantitative estimate of drug-likeness (QED) is 0.467. The molecular weight excluding hydrogens is 372 g/mol. The van der Waals surface area contributed by atoms with Crippen LogP contribution in [0.1, 0.15) is 18.1 Å². The molecule has 0 aliphatic heterocycles. The van der Waals surface area contributed by atoms with Crippen LogP contribution in [0.15, 0.2) is 72.8 Å². The number of hydrogen-bond acceptors (Lipinski definition) is 4. The number of nitrogens with one attached hydrogen (secondary N) is 1. The van der Waals surface area contributed by atoms with Gasteiger partial charge in [0.25, 0.3) is 0 Å². The number of aromatic nitrogens is 3. The molecule has 0 bridgehead atoms. The Morgan fingerprint density at radius 3 is 2.93 bits per heavy atom. The van der Waals surface area contributed by atoms with E-state index >= 15 is 0 Å². The second-order valence-corrected chi connectivity index (χ2v) is 7.39.